The van der Waals surface area contributed by atoms with Crippen LogP contribution in [0.25, 0.3) is 0 Å². The Hall–Kier alpha value is -3.60. The quantitative estimate of drug-likeness (QED) is 0.440. The number of ether oxygens (including phenoxy) is 1. The highest BCUT2D eigenvalue weighted by Gasteiger charge is 2.32. The zero-order chi connectivity index (χ0) is 26.7. The number of nitrogens with one attached hydrogen (secondary N) is 1. The van der Waals surface area contributed by atoms with Crippen molar-refractivity contribution in [2.24, 2.45) is 0 Å². The summed E-state index contributed by atoms with van der Waals surface area (Å²) in [4.78, 5) is 25.5. The normalized spacial score (nSPS) is 14.3. The predicted octanol–water partition coefficient (Wildman–Crippen LogP) is 3.97. The molecule has 0 aliphatic carbocycles. The number of carbonyl (C=O) groups is 1. The fraction of sp³-hybridized carbons (Fsp3) is 0.423. The van der Waals surface area contributed by atoms with Crippen LogP contribution in [-0.4, -0.2) is 71.0 Å². The number of halogens is 3. The van der Waals surface area contributed by atoms with Gasteiger partial charge in [0.25, 0.3) is 12.3 Å². The fourth-order valence-electron chi connectivity index (χ4n) is 4.81. The summed E-state index contributed by atoms with van der Waals surface area (Å²) in [7, 11) is 4.80. The van der Waals surface area contributed by atoms with Crippen molar-refractivity contribution in [1.29, 1.82) is 0 Å². The smallest absolute Gasteiger partial charge is 0.254 e. The first-order valence-corrected chi connectivity index (χ1v) is 12.0. The third-order valence-electron chi connectivity index (χ3n) is 6.63. The number of hydrogen-bond donors (Lipinski definition) is 1. The standard InChI is InChI=1S/C26H31F3N6O2/c1-16(22-11-23(37-4)21(27)12-32-22)35-7-5-19-18(14-33(3)15-24(28)29)9-17(10-20(19)25(35)36)13-34-8-6-31-26(34)30-2/h6,8-12,16,24H,5,7,13-15H2,1-4H3,(H,30,31)/t16-/m0/s1. The number of alkyl halides is 2. The molecule has 0 bridgehead atoms. The van der Waals surface area contributed by atoms with E-state index in [1.807, 2.05) is 29.8 Å². The van der Waals surface area contributed by atoms with Crippen LogP contribution in [-0.2, 0) is 19.5 Å². The van der Waals surface area contributed by atoms with E-state index in [1.54, 1.807) is 30.1 Å². The second-order valence-electron chi connectivity index (χ2n) is 9.17. The van der Waals surface area contributed by atoms with Crippen molar-refractivity contribution in [3.63, 3.8) is 0 Å². The molecule has 1 atom stereocenters. The van der Waals surface area contributed by atoms with Crippen molar-refractivity contribution in [3.8, 4) is 5.75 Å². The first-order chi connectivity index (χ1) is 17.7. The summed E-state index contributed by atoms with van der Waals surface area (Å²) in [5, 5.41) is 3.03. The molecule has 1 amide bonds. The maximum Gasteiger partial charge on any atom is 0.254 e. The van der Waals surface area contributed by atoms with Crippen molar-refractivity contribution >= 4 is 11.9 Å². The van der Waals surface area contributed by atoms with E-state index in [1.165, 1.54) is 13.2 Å². The summed E-state index contributed by atoms with van der Waals surface area (Å²) in [5.74, 6) is -0.0182. The molecule has 0 unspecified atom stereocenters. The number of benzene rings is 1. The number of rotatable bonds is 10. The highest BCUT2D eigenvalue weighted by atomic mass is 19.3. The largest absolute Gasteiger partial charge is 0.494 e. The molecule has 198 valence electrons. The second kappa shape index (κ2) is 11.2. The average molecular weight is 517 g/mol. The zero-order valence-electron chi connectivity index (χ0n) is 21.3. The van der Waals surface area contributed by atoms with E-state index < -0.39 is 18.3 Å². The van der Waals surface area contributed by atoms with Crippen LogP contribution in [0.4, 0.5) is 19.1 Å². The number of hydrogen-bond acceptors (Lipinski definition) is 6. The van der Waals surface area contributed by atoms with Gasteiger partial charge in [0.2, 0.25) is 5.95 Å². The molecule has 1 aliphatic rings. The monoisotopic (exact) mass is 516 g/mol. The van der Waals surface area contributed by atoms with Gasteiger partial charge in [0, 0.05) is 44.2 Å². The molecule has 4 rings (SSSR count). The Kier molecular flexibility index (Phi) is 8.01. The summed E-state index contributed by atoms with van der Waals surface area (Å²) in [5.41, 5.74) is 3.63. The van der Waals surface area contributed by atoms with E-state index in [0.717, 1.165) is 22.9 Å². The van der Waals surface area contributed by atoms with Crippen molar-refractivity contribution in [3.05, 3.63) is 70.6 Å². The molecule has 0 fully saturated rings. The van der Waals surface area contributed by atoms with Gasteiger partial charge < -0.3 is 19.5 Å². The Labute approximate surface area is 214 Å². The topological polar surface area (TPSA) is 75.5 Å². The van der Waals surface area contributed by atoms with Crippen LogP contribution in [0.1, 0.15) is 45.7 Å². The minimum absolute atomic E-state index is 0.0639. The molecule has 1 aromatic carbocycles. The number of pyridine rings is 1. The molecule has 8 nitrogen and oxygen atoms in total. The predicted molar refractivity (Wildman–Crippen MR) is 134 cm³/mol. The Morgan fingerprint density at radius 3 is 2.73 bits per heavy atom. The number of aromatic nitrogens is 3. The number of anilines is 1. The molecule has 0 saturated heterocycles. The first-order valence-electron chi connectivity index (χ1n) is 12.0. The fourth-order valence-corrected chi connectivity index (χ4v) is 4.81. The van der Waals surface area contributed by atoms with Gasteiger partial charge in [-0.2, -0.15) is 0 Å². The van der Waals surface area contributed by atoms with Crippen LogP contribution >= 0.6 is 0 Å². The maximum atomic E-state index is 13.9. The molecular formula is C26H31F3N6O2. The van der Waals surface area contributed by atoms with E-state index in [2.05, 4.69) is 15.3 Å². The molecule has 0 saturated carbocycles. The number of carbonyl (C=O) groups excluding carboxylic acids is 1. The summed E-state index contributed by atoms with van der Waals surface area (Å²) < 4.78 is 46.9. The van der Waals surface area contributed by atoms with Gasteiger partial charge in [-0.3, -0.25) is 14.7 Å². The molecule has 37 heavy (non-hydrogen) atoms. The number of nitrogens with zero attached hydrogens (tertiary/aromatic N) is 5. The Morgan fingerprint density at radius 1 is 1.24 bits per heavy atom. The minimum atomic E-state index is -2.45. The van der Waals surface area contributed by atoms with Gasteiger partial charge in [0.15, 0.2) is 11.6 Å². The molecule has 3 heterocycles. The number of fused-ring (bicyclic) bond motifs is 1. The lowest BCUT2D eigenvalue weighted by Gasteiger charge is -2.35. The van der Waals surface area contributed by atoms with Gasteiger partial charge in [-0.15, -0.1) is 0 Å². The van der Waals surface area contributed by atoms with Crippen molar-refractivity contribution < 1.29 is 22.7 Å². The zero-order valence-corrected chi connectivity index (χ0v) is 21.3. The highest BCUT2D eigenvalue weighted by molar-refractivity contribution is 5.97. The van der Waals surface area contributed by atoms with Gasteiger partial charge >= 0.3 is 0 Å². The van der Waals surface area contributed by atoms with E-state index in [9.17, 15) is 18.0 Å². The lowest BCUT2D eigenvalue weighted by Crippen LogP contribution is -2.40. The molecule has 1 aliphatic heterocycles. The van der Waals surface area contributed by atoms with Crippen LogP contribution in [0.15, 0.2) is 36.8 Å². The van der Waals surface area contributed by atoms with E-state index in [0.29, 0.717) is 43.3 Å². The third-order valence-corrected chi connectivity index (χ3v) is 6.63. The lowest BCUT2D eigenvalue weighted by molar-refractivity contribution is 0.0666. The van der Waals surface area contributed by atoms with Crippen LogP contribution in [0.2, 0.25) is 0 Å². The third kappa shape index (κ3) is 5.71. The summed E-state index contributed by atoms with van der Waals surface area (Å²) in [6.45, 7) is 2.65. The van der Waals surface area contributed by atoms with Crippen molar-refractivity contribution in [2.75, 3.05) is 39.6 Å². The van der Waals surface area contributed by atoms with Gasteiger partial charge in [0.05, 0.1) is 38.1 Å². The SMILES string of the molecule is CNc1nccn1Cc1cc(CN(C)CC(F)F)c2c(c1)C(=O)N([C@@H](C)c1cc(OC)c(F)cn1)CC2. The second-order valence-corrected chi connectivity index (χ2v) is 9.17. The number of methoxy groups -OCH3 is 1. The first kappa shape index (κ1) is 26.5. The van der Waals surface area contributed by atoms with Gasteiger partial charge in [-0.25, -0.2) is 18.2 Å². The Balaban J connectivity index is 1.69. The van der Waals surface area contributed by atoms with E-state index >= 15 is 0 Å². The van der Waals surface area contributed by atoms with Crippen LogP contribution in [0.3, 0.4) is 0 Å². The maximum absolute atomic E-state index is 13.9. The van der Waals surface area contributed by atoms with E-state index in [-0.39, 0.29) is 18.2 Å². The Bertz CT molecular complexity index is 1270. The molecule has 11 heteroatoms. The number of amides is 1. The van der Waals surface area contributed by atoms with Gasteiger partial charge in [-0.05, 0) is 43.1 Å². The van der Waals surface area contributed by atoms with Gasteiger partial charge in [-0.1, -0.05) is 6.07 Å². The molecular weight excluding hydrogens is 485 g/mol. The van der Waals surface area contributed by atoms with Crippen LogP contribution in [0.5, 0.6) is 5.75 Å². The highest BCUT2D eigenvalue weighted by Crippen LogP contribution is 2.32. The Morgan fingerprint density at radius 2 is 2.03 bits per heavy atom. The lowest BCUT2D eigenvalue weighted by atomic mass is 9.90. The molecule has 0 spiro atoms. The minimum Gasteiger partial charge on any atom is -0.494 e. The van der Waals surface area contributed by atoms with Crippen LogP contribution < -0.4 is 10.1 Å². The average Bonchev–Trinajstić information content (AvgIpc) is 3.31. The summed E-state index contributed by atoms with van der Waals surface area (Å²) >= 11 is 0. The summed E-state index contributed by atoms with van der Waals surface area (Å²) in [6.07, 6.45) is 2.71. The molecule has 2 aromatic heterocycles. The van der Waals surface area contributed by atoms with Gasteiger partial charge in [0.1, 0.15) is 0 Å². The molecule has 3 aromatic rings. The van der Waals surface area contributed by atoms with Crippen molar-refractivity contribution in [2.45, 2.75) is 38.9 Å². The van der Waals surface area contributed by atoms with E-state index in [4.69, 9.17) is 4.74 Å². The van der Waals surface area contributed by atoms with Crippen LogP contribution in [0, 0.1) is 5.82 Å². The summed E-state index contributed by atoms with van der Waals surface area (Å²) in [6, 6.07) is 4.93. The number of imidazole rings is 1. The molecule has 0 radical (unpaired) electrons. The molecule has 1 N–H and O–H groups in total. The van der Waals surface area contributed by atoms with Crippen molar-refractivity contribution in [1.82, 2.24) is 24.3 Å².